The zero-order chi connectivity index (χ0) is 46.4. The second-order valence-corrected chi connectivity index (χ2v) is 17.6. The number of halogens is 1. The van der Waals surface area contributed by atoms with Crippen molar-refractivity contribution in [3.8, 4) is 51.0 Å². The number of hydrogen-bond donors (Lipinski definition) is 0. The molecule has 12 nitrogen and oxygen atoms in total. The minimum absolute atomic E-state index is 0.474. The average molecular weight is 912 g/mol. The molecule has 0 aliphatic carbocycles. The van der Waals surface area contributed by atoms with Gasteiger partial charge in [-0.15, -0.1) is 0 Å². The fourth-order valence-electron chi connectivity index (χ4n) is 9.33. The van der Waals surface area contributed by atoms with Crippen LogP contribution in [0.15, 0.2) is 146 Å². The van der Waals surface area contributed by atoms with Crippen molar-refractivity contribution >= 4 is 34.0 Å². The maximum Gasteiger partial charge on any atom is 0.139 e. The van der Waals surface area contributed by atoms with Gasteiger partial charge in [-0.05, 0) is 105 Å². The Balaban J connectivity index is 0.000000119. The van der Waals surface area contributed by atoms with Crippen LogP contribution in [0, 0.1) is 0 Å². The molecule has 0 bridgehead atoms. The first-order valence-electron chi connectivity index (χ1n) is 23.7. The van der Waals surface area contributed by atoms with Gasteiger partial charge in [0.05, 0.1) is 38.4 Å². The molecule has 348 valence electrons. The number of alkyl halides is 1. The summed E-state index contributed by atoms with van der Waals surface area (Å²) in [4.78, 5) is 21.2. The highest BCUT2D eigenvalue weighted by Crippen LogP contribution is 2.30. The van der Waals surface area contributed by atoms with E-state index in [4.69, 9.17) is 29.2 Å². The molecule has 3 aliphatic heterocycles. The zero-order valence-electron chi connectivity index (χ0n) is 39.0. The Labute approximate surface area is 396 Å². The first-order valence-corrected chi connectivity index (χ1v) is 23.7. The third kappa shape index (κ3) is 9.92. The van der Waals surface area contributed by atoms with Gasteiger partial charge in [-0.2, -0.15) is 0 Å². The summed E-state index contributed by atoms with van der Waals surface area (Å²) >= 11 is 0. The summed E-state index contributed by atoms with van der Waals surface area (Å²) in [5.41, 5.74) is 12.5. The van der Waals surface area contributed by atoms with Crippen LogP contribution in [0.2, 0.25) is 0 Å². The molecular weight excluding hydrogens is 854 g/mol. The molecule has 0 radical (unpaired) electrons. The van der Waals surface area contributed by atoms with Gasteiger partial charge >= 0.3 is 0 Å². The first kappa shape index (κ1) is 44.3. The van der Waals surface area contributed by atoms with Gasteiger partial charge in [0.1, 0.15) is 40.4 Å². The minimum Gasteiger partial charge on any atom is -0.497 e. The predicted molar refractivity (Wildman–Crippen MR) is 271 cm³/mol. The van der Waals surface area contributed by atoms with Crippen molar-refractivity contribution in [2.75, 3.05) is 75.3 Å². The van der Waals surface area contributed by atoms with E-state index in [0.717, 1.165) is 106 Å². The van der Waals surface area contributed by atoms with Crippen molar-refractivity contribution in [3.63, 3.8) is 0 Å². The number of anilines is 3. The van der Waals surface area contributed by atoms with Crippen LogP contribution in [0.25, 0.3) is 50.7 Å². The first-order chi connectivity index (χ1) is 33.4. The van der Waals surface area contributed by atoms with E-state index in [2.05, 4.69) is 84.7 Å². The monoisotopic (exact) mass is 911 g/mol. The standard InChI is InChI=1S/C19H21N3O.C18H18FN3O.C18H19N3O/c1-23-17-7-5-6-15(12-17)18-14-22-11-8-16(13-19(22)20-18)21-9-3-2-4-10-21;1-23-16-4-2-13(3-5-16)17-12-22-9-7-15(10-18(22)20-17)21-8-6-14(19)11-21;1-22-16-6-4-5-14(11-16)17-13-21-10-7-15(12-18(21)19-17)20-8-2-3-9-20/h5-8,11-14H,2-4,9-10H2,1H3;2-5,7,9-10,12,14H,6,8,11H2,1H3;4-7,10-13H,2-3,8-9H2,1H3/t;14-;/m.1./s1. The predicted octanol–water partition coefficient (Wildman–Crippen LogP) is 11.2. The van der Waals surface area contributed by atoms with Gasteiger partial charge < -0.3 is 42.1 Å². The number of methoxy groups -OCH3 is 3. The molecule has 9 heterocycles. The molecule has 0 unspecified atom stereocenters. The van der Waals surface area contributed by atoms with E-state index in [9.17, 15) is 4.39 Å². The molecule has 0 saturated carbocycles. The third-order valence-electron chi connectivity index (χ3n) is 13.1. The number of benzene rings is 3. The van der Waals surface area contributed by atoms with E-state index in [1.807, 2.05) is 89.6 Å². The molecule has 1 atom stereocenters. The van der Waals surface area contributed by atoms with Crippen LogP contribution in [0.5, 0.6) is 17.2 Å². The van der Waals surface area contributed by atoms with Gasteiger partial charge in [-0.25, -0.2) is 19.3 Å². The summed E-state index contributed by atoms with van der Waals surface area (Å²) in [6, 6.07) is 36.7. The largest absolute Gasteiger partial charge is 0.497 e. The third-order valence-corrected chi connectivity index (χ3v) is 13.1. The van der Waals surface area contributed by atoms with Crippen LogP contribution in [0.3, 0.4) is 0 Å². The highest BCUT2D eigenvalue weighted by molar-refractivity contribution is 5.69. The molecule has 6 aromatic heterocycles. The highest BCUT2D eigenvalue weighted by atomic mass is 19.1. The van der Waals surface area contributed by atoms with E-state index in [1.54, 1.807) is 21.3 Å². The molecule has 0 spiro atoms. The highest BCUT2D eigenvalue weighted by Gasteiger charge is 2.22. The Kier molecular flexibility index (Phi) is 13.1. The van der Waals surface area contributed by atoms with E-state index in [0.29, 0.717) is 13.0 Å². The summed E-state index contributed by atoms with van der Waals surface area (Å²) in [5, 5.41) is 0. The van der Waals surface area contributed by atoms with Crippen molar-refractivity contribution < 1.29 is 18.6 Å². The molecule has 3 aliphatic rings. The zero-order valence-corrected chi connectivity index (χ0v) is 39.0. The van der Waals surface area contributed by atoms with Crippen LogP contribution >= 0.6 is 0 Å². The summed E-state index contributed by atoms with van der Waals surface area (Å²) in [5.74, 6) is 2.54. The van der Waals surface area contributed by atoms with E-state index < -0.39 is 6.17 Å². The lowest BCUT2D eigenvalue weighted by atomic mass is 10.1. The molecule has 0 N–H and O–H groups in total. The fraction of sp³-hybridized carbons (Fsp3) is 0.291. The van der Waals surface area contributed by atoms with Crippen molar-refractivity contribution in [2.24, 2.45) is 0 Å². The Hall–Kier alpha value is -7.54. The Morgan fingerprint density at radius 1 is 0.441 bits per heavy atom. The van der Waals surface area contributed by atoms with Crippen molar-refractivity contribution in [3.05, 3.63) is 146 Å². The molecule has 3 fully saturated rings. The number of aromatic nitrogens is 6. The normalized spacial score (nSPS) is 15.9. The van der Waals surface area contributed by atoms with Crippen LogP contribution in [-0.2, 0) is 0 Å². The maximum atomic E-state index is 13.4. The van der Waals surface area contributed by atoms with Gasteiger partial charge in [0.25, 0.3) is 0 Å². The topological polar surface area (TPSA) is 89.3 Å². The fourth-order valence-corrected chi connectivity index (χ4v) is 9.33. The molecule has 12 rings (SSSR count). The van der Waals surface area contributed by atoms with Crippen LogP contribution < -0.4 is 28.9 Å². The minimum atomic E-state index is -0.721. The number of rotatable bonds is 9. The number of nitrogens with zero attached hydrogens (tertiary/aromatic N) is 9. The molecular formula is C55H58FN9O3. The van der Waals surface area contributed by atoms with Gasteiger partial charge in [0.15, 0.2) is 0 Å². The lowest BCUT2D eigenvalue weighted by molar-refractivity contribution is 0.364. The second kappa shape index (κ2) is 20.1. The van der Waals surface area contributed by atoms with Crippen LogP contribution in [0.4, 0.5) is 21.5 Å². The Morgan fingerprint density at radius 2 is 0.868 bits per heavy atom. The second-order valence-electron chi connectivity index (χ2n) is 17.6. The van der Waals surface area contributed by atoms with Gasteiger partial charge in [-0.1, -0.05) is 24.3 Å². The molecule has 68 heavy (non-hydrogen) atoms. The van der Waals surface area contributed by atoms with Crippen molar-refractivity contribution in [1.82, 2.24) is 28.2 Å². The maximum absolute atomic E-state index is 13.4. The van der Waals surface area contributed by atoms with E-state index >= 15 is 0 Å². The van der Waals surface area contributed by atoms with Crippen molar-refractivity contribution in [2.45, 2.75) is 44.7 Å². The molecule has 3 saturated heterocycles. The summed E-state index contributed by atoms with van der Waals surface area (Å²) in [7, 11) is 5.03. The van der Waals surface area contributed by atoms with Crippen molar-refractivity contribution in [1.29, 1.82) is 0 Å². The van der Waals surface area contributed by atoms with Gasteiger partial charge in [0, 0.05) is 128 Å². The number of ether oxygens (including phenoxy) is 3. The Bertz CT molecular complexity index is 3110. The summed E-state index contributed by atoms with van der Waals surface area (Å²) in [6.45, 7) is 5.85. The van der Waals surface area contributed by atoms with Crippen LogP contribution in [-0.4, -0.2) is 94.9 Å². The summed E-state index contributed by atoms with van der Waals surface area (Å²) < 4.78 is 35.3. The number of hydrogen-bond acceptors (Lipinski definition) is 9. The number of fused-ring (bicyclic) bond motifs is 3. The lowest BCUT2D eigenvalue weighted by Crippen LogP contribution is -2.29. The van der Waals surface area contributed by atoms with Gasteiger partial charge in [0.2, 0.25) is 0 Å². The van der Waals surface area contributed by atoms with Crippen LogP contribution in [0.1, 0.15) is 38.5 Å². The average Bonchev–Trinajstić information content (AvgIpc) is 4.27. The quantitative estimate of drug-likeness (QED) is 0.140. The summed E-state index contributed by atoms with van der Waals surface area (Å²) in [6.07, 6.45) is 18.7. The van der Waals surface area contributed by atoms with Gasteiger partial charge in [-0.3, -0.25) is 0 Å². The lowest BCUT2D eigenvalue weighted by Gasteiger charge is -2.28. The molecule has 0 amide bonds. The Morgan fingerprint density at radius 3 is 1.29 bits per heavy atom. The molecule has 9 aromatic rings. The number of piperidine rings is 1. The molecule has 3 aromatic carbocycles. The number of pyridine rings is 3. The SMILES string of the molecule is COc1ccc(-c2cn3ccc(N4CC[C@@H](F)C4)cc3n2)cc1.COc1cccc(-c2cn3ccc(N4CCCC4)cc3n2)c1.COc1cccc(-c2cn3ccc(N4CCCCC4)cc3n2)c1. The smallest absolute Gasteiger partial charge is 0.139 e. The van der Waals surface area contributed by atoms with E-state index in [1.165, 1.54) is 43.5 Å². The van der Waals surface area contributed by atoms with E-state index in [-0.39, 0.29) is 0 Å². The number of imidazole rings is 3. The molecule has 13 heteroatoms.